The second kappa shape index (κ2) is 5.19. The van der Waals surface area contributed by atoms with E-state index >= 15 is 0 Å². The van der Waals surface area contributed by atoms with Crippen molar-refractivity contribution in [3.8, 4) is 11.5 Å². The van der Waals surface area contributed by atoms with Gasteiger partial charge >= 0.3 is 0 Å². The minimum Gasteiger partial charge on any atom is -0.453 e. The number of anilines is 1. The number of pyridine rings is 1. The number of halogens is 2. The third-order valence-corrected chi connectivity index (χ3v) is 3.44. The van der Waals surface area contributed by atoms with Crippen molar-refractivity contribution in [1.82, 2.24) is 4.98 Å². The highest BCUT2D eigenvalue weighted by Crippen LogP contribution is 2.35. The molecule has 0 saturated carbocycles. The number of rotatable bonds is 2. The van der Waals surface area contributed by atoms with Gasteiger partial charge in [0.2, 0.25) is 0 Å². The Bertz CT molecular complexity index is 790. The Kier molecular flexibility index (Phi) is 3.38. The smallest absolute Gasteiger partial charge is 0.153 e. The number of aromatic nitrogens is 1. The van der Waals surface area contributed by atoms with E-state index < -0.39 is 0 Å². The summed E-state index contributed by atoms with van der Waals surface area (Å²) in [5, 5.41) is 2.01. The van der Waals surface area contributed by atoms with Crippen LogP contribution in [-0.4, -0.2) is 4.98 Å². The molecule has 5 heteroatoms. The lowest BCUT2D eigenvalue weighted by molar-refractivity contribution is 0.489. The second-order valence-corrected chi connectivity index (χ2v) is 5.07. The molecule has 100 valence electrons. The Morgan fingerprint density at radius 3 is 2.70 bits per heavy atom. The third kappa shape index (κ3) is 2.38. The highest BCUT2D eigenvalue weighted by molar-refractivity contribution is 6.35. The van der Waals surface area contributed by atoms with Gasteiger partial charge in [0.05, 0.1) is 10.7 Å². The molecule has 1 heterocycles. The monoisotopic (exact) mass is 304 g/mol. The van der Waals surface area contributed by atoms with Crippen LogP contribution in [0, 0.1) is 0 Å². The number of fused-ring (bicyclic) bond motifs is 1. The molecule has 0 radical (unpaired) electrons. The molecule has 0 saturated heterocycles. The Labute approximate surface area is 125 Å². The standard InChI is InChI=1S/C15H10Cl2N2O/c16-9-3-5-12(18)14(8-9)20-13-6-4-11(17)10-2-1-7-19-15(10)13/h1-8H,18H2. The Hall–Kier alpha value is -1.97. The zero-order chi connectivity index (χ0) is 14.1. The van der Waals surface area contributed by atoms with Gasteiger partial charge in [0.25, 0.3) is 0 Å². The Morgan fingerprint density at radius 1 is 1.00 bits per heavy atom. The molecule has 3 aromatic rings. The van der Waals surface area contributed by atoms with Crippen LogP contribution in [0.25, 0.3) is 10.9 Å². The Morgan fingerprint density at radius 2 is 1.85 bits per heavy atom. The molecular weight excluding hydrogens is 295 g/mol. The molecule has 0 amide bonds. The van der Waals surface area contributed by atoms with Crippen molar-refractivity contribution in [2.45, 2.75) is 0 Å². The molecule has 0 bridgehead atoms. The van der Waals surface area contributed by atoms with Crippen molar-refractivity contribution < 1.29 is 4.74 Å². The largest absolute Gasteiger partial charge is 0.453 e. The van der Waals surface area contributed by atoms with Gasteiger partial charge in [-0.3, -0.25) is 4.98 Å². The summed E-state index contributed by atoms with van der Waals surface area (Å²) in [6, 6.07) is 12.3. The number of nitrogens with zero attached hydrogens (tertiary/aromatic N) is 1. The van der Waals surface area contributed by atoms with E-state index in [2.05, 4.69) is 4.98 Å². The molecule has 0 atom stereocenters. The average molecular weight is 305 g/mol. The van der Waals surface area contributed by atoms with Crippen LogP contribution in [0.2, 0.25) is 10.0 Å². The van der Waals surface area contributed by atoms with E-state index in [0.29, 0.717) is 32.7 Å². The van der Waals surface area contributed by atoms with E-state index in [1.807, 2.05) is 12.1 Å². The molecule has 1 aromatic heterocycles. The van der Waals surface area contributed by atoms with Gasteiger partial charge in [0.15, 0.2) is 11.5 Å². The fraction of sp³-hybridized carbons (Fsp3) is 0. The van der Waals surface area contributed by atoms with Crippen molar-refractivity contribution in [2.24, 2.45) is 0 Å². The molecule has 20 heavy (non-hydrogen) atoms. The summed E-state index contributed by atoms with van der Waals surface area (Å²) in [7, 11) is 0. The molecular formula is C15H10Cl2N2O. The van der Waals surface area contributed by atoms with Crippen LogP contribution in [0.5, 0.6) is 11.5 Å². The normalized spacial score (nSPS) is 10.7. The Balaban J connectivity index is 2.11. The van der Waals surface area contributed by atoms with E-state index in [-0.39, 0.29) is 0 Å². The first-order valence-corrected chi connectivity index (χ1v) is 6.67. The number of nitrogen functional groups attached to an aromatic ring is 1. The summed E-state index contributed by atoms with van der Waals surface area (Å²) >= 11 is 12.1. The summed E-state index contributed by atoms with van der Waals surface area (Å²) in [4.78, 5) is 4.31. The van der Waals surface area contributed by atoms with Gasteiger partial charge in [-0.05, 0) is 36.4 Å². The number of hydrogen-bond donors (Lipinski definition) is 1. The van der Waals surface area contributed by atoms with Crippen LogP contribution < -0.4 is 10.5 Å². The predicted octanol–water partition coefficient (Wildman–Crippen LogP) is 4.92. The van der Waals surface area contributed by atoms with Gasteiger partial charge in [0.1, 0.15) is 5.52 Å². The van der Waals surface area contributed by atoms with Crippen molar-refractivity contribution in [3.63, 3.8) is 0 Å². The molecule has 0 fully saturated rings. The van der Waals surface area contributed by atoms with E-state index in [1.165, 1.54) is 0 Å². The van der Waals surface area contributed by atoms with E-state index in [0.717, 1.165) is 5.39 Å². The lowest BCUT2D eigenvalue weighted by Crippen LogP contribution is -1.93. The molecule has 0 unspecified atom stereocenters. The van der Waals surface area contributed by atoms with Crippen molar-refractivity contribution in [3.05, 3.63) is 58.7 Å². The highest BCUT2D eigenvalue weighted by atomic mass is 35.5. The van der Waals surface area contributed by atoms with Gasteiger partial charge < -0.3 is 10.5 Å². The fourth-order valence-corrected chi connectivity index (χ4v) is 2.29. The van der Waals surface area contributed by atoms with E-state index in [4.69, 9.17) is 33.7 Å². The highest BCUT2D eigenvalue weighted by Gasteiger charge is 2.09. The number of benzene rings is 2. The maximum atomic E-state index is 6.15. The first-order chi connectivity index (χ1) is 9.65. The van der Waals surface area contributed by atoms with Gasteiger partial charge in [-0.15, -0.1) is 0 Å². The molecule has 0 aliphatic heterocycles. The lowest BCUT2D eigenvalue weighted by Gasteiger charge is -2.11. The first kappa shape index (κ1) is 13.0. The zero-order valence-electron chi connectivity index (χ0n) is 10.3. The van der Waals surface area contributed by atoms with Crippen molar-refractivity contribution >= 4 is 39.8 Å². The molecule has 0 aliphatic rings. The SMILES string of the molecule is Nc1ccc(Cl)cc1Oc1ccc(Cl)c2cccnc12. The molecule has 3 rings (SSSR count). The molecule has 2 N–H and O–H groups in total. The first-order valence-electron chi connectivity index (χ1n) is 5.91. The molecule has 2 aromatic carbocycles. The topological polar surface area (TPSA) is 48.1 Å². The van der Waals surface area contributed by atoms with Crippen LogP contribution in [0.3, 0.4) is 0 Å². The van der Waals surface area contributed by atoms with Crippen molar-refractivity contribution in [2.75, 3.05) is 5.73 Å². The van der Waals surface area contributed by atoms with Crippen molar-refractivity contribution in [1.29, 1.82) is 0 Å². The zero-order valence-corrected chi connectivity index (χ0v) is 11.8. The molecule has 0 aliphatic carbocycles. The fourth-order valence-electron chi connectivity index (χ4n) is 1.91. The maximum Gasteiger partial charge on any atom is 0.153 e. The lowest BCUT2D eigenvalue weighted by atomic mass is 10.2. The van der Waals surface area contributed by atoms with Gasteiger partial charge in [-0.25, -0.2) is 0 Å². The summed E-state index contributed by atoms with van der Waals surface area (Å²) in [6.07, 6.45) is 1.69. The van der Waals surface area contributed by atoms with Crippen LogP contribution in [0.4, 0.5) is 5.69 Å². The van der Waals surface area contributed by atoms with Crippen LogP contribution in [0.15, 0.2) is 48.7 Å². The van der Waals surface area contributed by atoms with E-state index in [9.17, 15) is 0 Å². The van der Waals surface area contributed by atoms with Crippen LogP contribution >= 0.6 is 23.2 Å². The minimum atomic E-state index is 0.492. The molecule has 0 spiro atoms. The second-order valence-electron chi connectivity index (χ2n) is 4.23. The quantitative estimate of drug-likeness (QED) is 0.684. The maximum absolute atomic E-state index is 6.15. The minimum absolute atomic E-state index is 0.492. The summed E-state index contributed by atoms with van der Waals surface area (Å²) in [5.41, 5.74) is 7.07. The summed E-state index contributed by atoms with van der Waals surface area (Å²) < 4.78 is 5.83. The van der Waals surface area contributed by atoms with Gasteiger partial charge in [-0.2, -0.15) is 0 Å². The third-order valence-electron chi connectivity index (χ3n) is 2.87. The average Bonchev–Trinajstić information content (AvgIpc) is 2.46. The van der Waals surface area contributed by atoms with E-state index in [1.54, 1.807) is 36.5 Å². The summed E-state index contributed by atoms with van der Waals surface area (Å²) in [5.74, 6) is 1.07. The van der Waals surface area contributed by atoms with Crippen LogP contribution in [-0.2, 0) is 0 Å². The number of ether oxygens (including phenoxy) is 1. The number of hydrogen-bond acceptors (Lipinski definition) is 3. The molecule has 3 nitrogen and oxygen atoms in total. The number of nitrogens with two attached hydrogens (primary N) is 1. The summed E-state index contributed by atoms with van der Waals surface area (Å²) in [6.45, 7) is 0. The predicted molar refractivity (Wildman–Crippen MR) is 82.7 cm³/mol. The van der Waals surface area contributed by atoms with Gasteiger partial charge in [-0.1, -0.05) is 23.2 Å². The van der Waals surface area contributed by atoms with Gasteiger partial charge in [0, 0.05) is 22.7 Å². The van der Waals surface area contributed by atoms with Crippen LogP contribution in [0.1, 0.15) is 0 Å².